The fourth-order valence-corrected chi connectivity index (χ4v) is 7.18. The molecule has 0 saturated heterocycles. The zero-order valence-electron chi connectivity index (χ0n) is 26.0. The number of benzene rings is 4. The number of thiazole rings is 1. The summed E-state index contributed by atoms with van der Waals surface area (Å²) in [6.07, 6.45) is 1.64. The van der Waals surface area contributed by atoms with E-state index in [0.29, 0.717) is 37.5 Å². The Morgan fingerprint density at radius 3 is 2.35 bits per heavy atom. The van der Waals surface area contributed by atoms with E-state index in [2.05, 4.69) is 0 Å². The van der Waals surface area contributed by atoms with Crippen LogP contribution in [0.3, 0.4) is 0 Å². The molecule has 1 atom stereocenters. The quantitative estimate of drug-likeness (QED) is 0.0880. The van der Waals surface area contributed by atoms with Gasteiger partial charge in [-0.25, -0.2) is 9.79 Å². The molecule has 0 fully saturated rings. The second kappa shape index (κ2) is 13.7. The third-order valence-corrected chi connectivity index (χ3v) is 9.75. The molecule has 1 aliphatic rings. The molecule has 0 amide bonds. The van der Waals surface area contributed by atoms with E-state index in [1.54, 1.807) is 49.4 Å². The predicted octanol–water partition coefficient (Wildman–Crippen LogP) is 4.62. The normalized spacial score (nSPS) is 14.5. The number of carbonyl (C=O) groups excluding carboxylic acids is 1. The predicted molar refractivity (Wildman–Crippen MR) is 181 cm³/mol. The van der Waals surface area contributed by atoms with Gasteiger partial charge in [0.2, 0.25) is 0 Å². The van der Waals surface area contributed by atoms with Crippen molar-refractivity contribution in [2.45, 2.75) is 17.9 Å². The Balaban J connectivity index is 1.42. The number of fused-ring (bicyclic) bond motifs is 1. The van der Waals surface area contributed by atoms with Gasteiger partial charge in [-0.2, -0.15) is 8.42 Å². The van der Waals surface area contributed by atoms with Crippen LogP contribution in [0, 0.1) is 10.1 Å². The molecule has 0 bridgehead atoms. The summed E-state index contributed by atoms with van der Waals surface area (Å²) in [5.74, 6) is -0.0629. The molecule has 0 spiro atoms. The number of rotatable bonds is 10. The molecule has 49 heavy (non-hydrogen) atoms. The first-order valence-corrected chi connectivity index (χ1v) is 17.0. The lowest BCUT2D eigenvalue weighted by atomic mass is 9.93. The standard InChI is InChI=1S/C35H27N3O9S2/c1-3-46-34(40)30-31(23-8-5-4-6-9-23)36-35-37(32(30)24-10-7-11-27(21-24)45-2)33(39)29(48-35)20-22-12-16-26(17-13-22)47-49(43,44)28-18-14-25(15-19-28)38(41)42/h4-21,32H,3H2,1-2H3/b29-20-/t32-/m1/s1. The number of nitro benzene ring substituents is 1. The van der Waals surface area contributed by atoms with Crippen molar-refractivity contribution in [2.24, 2.45) is 4.99 Å². The topological polar surface area (TPSA) is 156 Å². The second-order valence-electron chi connectivity index (χ2n) is 10.6. The van der Waals surface area contributed by atoms with Gasteiger partial charge in [0.1, 0.15) is 16.4 Å². The maximum absolute atomic E-state index is 14.1. The van der Waals surface area contributed by atoms with E-state index < -0.39 is 32.6 Å². The van der Waals surface area contributed by atoms with Gasteiger partial charge in [0, 0.05) is 17.7 Å². The molecule has 248 valence electrons. The van der Waals surface area contributed by atoms with Gasteiger partial charge in [-0.3, -0.25) is 19.5 Å². The number of hydrogen-bond donors (Lipinski definition) is 0. The number of methoxy groups -OCH3 is 1. The first-order chi connectivity index (χ1) is 23.6. The van der Waals surface area contributed by atoms with Crippen LogP contribution in [-0.2, 0) is 19.6 Å². The van der Waals surface area contributed by atoms with E-state index in [9.17, 15) is 28.1 Å². The van der Waals surface area contributed by atoms with Crippen molar-refractivity contribution in [2.75, 3.05) is 13.7 Å². The average Bonchev–Trinajstić information content (AvgIpc) is 3.42. The number of nitro groups is 1. The van der Waals surface area contributed by atoms with E-state index >= 15 is 0 Å². The summed E-state index contributed by atoms with van der Waals surface area (Å²) in [6.45, 7) is 1.83. The minimum absolute atomic E-state index is 0.00145. The van der Waals surface area contributed by atoms with Crippen molar-refractivity contribution in [3.05, 3.63) is 155 Å². The van der Waals surface area contributed by atoms with Crippen LogP contribution in [0.5, 0.6) is 11.5 Å². The second-order valence-corrected chi connectivity index (χ2v) is 13.1. The van der Waals surface area contributed by atoms with Crippen molar-refractivity contribution in [3.8, 4) is 11.5 Å². The van der Waals surface area contributed by atoms with Crippen LogP contribution in [0.25, 0.3) is 11.8 Å². The van der Waals surface area contributed by atoms with Crippen LogP contribution in [0.1, 0.15) is 29.7 Å². The summed E-state index contributed by atoms with van der Waals surface area (Å²) in [6, 6.07) is 25.8. The molecule has 1 aromatic heterocycles. The van der Waals surface area contributed by atoms with Crippen molar-refractivity contribution in [3.63, 3.8) is 0 Å². The lowest BCUT2D eigenvalue weighted by molar-refractivity contribution is -0.384. The van der Waals surface area contributed by atoms with E-state index in [1.165, 1.54) is 23.8 Å². The van der Waals surface area contributed by atoms with E-state index in [4.69, 9.17) is 18.6 Å². The zero-order chi connectivity index (χ0) is 34.7. The highest BCUT2D eigenvalue weighted by atomic mass is 32.2. The fourth-order valence-electron chi connectivity index (χ4n) is 5.25. The van der Waals surface area contributed by atoms with Gasteiger partial charge in [0.05, 0.1) is 40.5 Å². The lowest BCUT2D eigenvalue weighted by Gasteiger charge is -2.26. The molecule has 0 radical (unpaired) electrons. The number of nitrogens with zero attached hydrogens (tertiary/aromatic N) is 3. The van der Waals surface area contributed by atoms with Gasteiger partial charge in [-0.05, 0) is 60.5 Å². The third-order valence-electron chi connectivity index (χ3n) is 7.50. The van der Waals surface area contributed by atoms with Crippen molar-refractivity contribution < 1.29 is 31.8 Å². The molecule has 1 aliphatic heterocycles. The van der Waals surface area contributed by atoms with E-state index in [0.717, 1.165) is 35.6 Å². The van der Waals surface area contributed by atoms with Crippen LogP contribution < -0.4 is 23.8 Å². The Morgan fingerprint density at radius 1 is 0.980 bits per heavy atom. The number of aromatic nitrogens is 1. The Kier molecular flexibility index (Phi) is 9.25. The number of ether oxygens (including phenoxy) is 2. The highest BCUT2D eigenvalue weighted by Crippen LogP contribution is 2.36. The Labute approximate surface area is 283 Å². The minimum Gasteiger partial charge on any atom is -0.497 e. The number of esters is 1. The molecule has 5 aromatic rings. The van der Waals surface area contributed by atoms with Crippen molar-refractivity contribution in [1.82, 2.24) is 4.57 Å². The lowest BCUT2D eigenvalue weighted by Crippen LogP contribution is -2.40. The van der Waals surface area contributed by atoms with Crippen molar-refractivity contribution >= 4 is 44.9 Å². The summed E-state index contributed by atoms with van der Waals surface area (Å²) in [4.78, 5) is 43.0. The summed E-state index contributed by atoms with van der Waals surface area (Å²) >= 11 is 1.14. The SMILES string of the molecule is CCOC(=O)C1=C(c2ccccc2)N=c2s/c(=C\c3ccc(OS(=O)(=O)c4ccc([N+](=O)[O-])cc4)cc3)c(=O)n2[C@@H]1c1cccc(OC)c1. The molecular formula is C35H27N3O9S2. The molecule has 6 rings (SSSR count). The molecule has 4 aromatic carbocycles. The van der Waals surface area contributed by atoms with Crippen LogP contribution in [0.2, 0.25) is 0 Å². The number of non-ortho nitro benzene ring substituents is 1. The zero-order valence-corrected chi connectivity index (χ0v) is 27.6. The van der Waals surface area contributed by atoms with Gasteiger partial charge in [-0.15, -0.1) is 0 Å². The van der Waals surface area contributed by atoms with Crippen molar-refractivity contribution in [1.29, 1.82) is 0 Å². The van der Waals surface area contributed by atoms with E-state index in [-0.39, 0.29) is 28.5 Å². The summed E-state index contributed by atoms with van der Waals surface area (Å²) in [5.41, 5.74) is 1.80. The van der Waals surface area contributed by atoms with Crippen LogP contribution in [0.15, 0.2) is 123 Å². The molecule has 0 saturated carbocycles. The average molecular weight is 698 g/mol. The van der Waals surface area contributed by atoms with Crippen LogP contribution in [-0.4, -0.2) is 37.6 Å². The number of hydrogen-bond acceptors (Lipinski definition) is 11. The fraction of sp³-hybridized carbons (Fsp3) is 0.114. The first-order valence-electron chi connectivity index (χ1n) is 14.8. The monoisotopic (exact) mass is 697 g/mol. The maximum Gasteiger partial charge on any atom is 0.339 e. The smallest absolute Gasteiger partial charge is 0.339 e. The summed E-state index contributed by atoms with van der Waals surface area (Å²) < 4.78 is 43.5. The maximum atomic E-state index is 14.1. The third kappa shape index (κ3) is 6.77. The molecule has 0 aliphatic carbocycles. The highest BCUT2D eigenvalue weighted by Gasteiger charge is 2.35. The minimum atomic E-state index is -4.27. The molecule has 14 heteroatoms. The first kappa shape index (κ1) is 33.1. The summed E-state index contributed by atoms with van der Waals surface area (Å²) in [7, 11) is -2.74. The highest BCUT2D eigenvalue weighted by molar-refractivity contribution is 7.87. The molecule has 0 N–H and O–H groups in total. The molecule has 12 nitrogen and oxygen atoms in total. The van der Waals surface area contributed by atoms with Gasteiger partial charge in [-0.1, -0.05) is 65.9 Å². The molecule has 0 unspecified atom stereocenters. The summed E-state index contributed by atoms with van der Waals surface area (Å²) in [5, 5.41) is 10.9. The molecule has 2 heterocycles. The van der Waals surface area contributed by atoms with Crippen LogP contribution in [0.4, 0.5) is 5.69 Å². The Morgan fingerprint density at radius 2 is 1.69 bits per heavy atom. The number of carbonyl (C=O) groups is 1. The van der Waals surface area contributed by atoms with Gasteiger partial charge in [0.15, 0.2) is 4.80 Å². The van der Waals surface area contributed by atoms with Gasteiger partial charge >= 0.3 is 16.1 Å². The van der Waals surface area contributed by atoms with Gasteiger partial charge in [0.25, 0.3) is 11.2 Å². The van der Waals surface area contributed by atoms with Gasteiger partial charge < -0.3 is 13.7 Å². The van der Waals surface area contributed by atoms with E-state index in [1.807, 2.05) is 30.3 Å². The largest absolute Gasteiger partial charge is 0.497 e. The Bertz CT molecular complexity index is 2380. The molecular weight excluding hydrogens is 671 g/mol. The van der Waals surface area contributed by atoms with Crippen LogP contribution >= 0.6 is 11.3 Å². The Hall–Kier alpha value is -5.86.